The number of sulfonamides is 1. The van der Waals surface area contributed by atoms with Gasteiger partial charge in [0.1, 0.15) is 5.82 Å². The second kappa shape index (κ2) is 5.96. The summed E-state index contributed by atoms with van der Waals surface area (Å²) in [5, 5.41) is 9.83. The zero-order valence-corrected chi connectivity index (χ0v) is 12.3. The summed E-state index contributed by atoms with van der Waals surface area (Å²) in [6, 6.07) is 0.516. The van der Waals surface area contributed by atoms with Crippen LogP contribution in [0.2, 0.25) is 0 Å². The van der Waals surface area contributed by atoms with Crippen LogP contribution in [-0.4, -0.2) is 41.2 Å². The van der Waals surface area contributed by atoms with Gasteiger partial charge >= 0.3 is 0 Å². The van der Waals surface area contributed by atoms with Crippen LogP contribution in [0.25, 0.3) is 0 Å². The standard InChI is InChI=1S/C12H18N6O2S/c19-21(20,17-4-3-11-13-5-6-14-11)12-9(8-16-18-12)7-15-10-1-2-10/h5-6,8,10,15,17H,1-4,7H2,(H,13,14)(H,16,18). The molecule has 2 aromatic rings. The van der Waals surface area contributed by atoms with E-state index in [1.807, 2.05) is 0 Å². The molecular weight excluding hydrogens is 292 g/mol. The van der Waals surface area contributed by atoms with Gasteiger partial charge in [0.2, 0.25) is 0 Å². The molecule has 21 heavy (non-hydrogen) atoms. The van der Waals surface area contributed by atoms with Crippen LogP contribution in [0.4, 0.5) is 0 Å². The van der Waals surface area contributed by atoms with E-state index in [9.17, 15) is 8.42 Å². The van der Waals surface area contributed by atoms with Crippen LogP contribution >= 0.6 is 0 Å². The van der Waals surface area contributed by atoms with E-state index >= 15 is 0 Å². The second-order valence-corrected chi connectivity index (χ2v) is 6.77. The Balaban J connectivity index is 1.59. The van der Waals surface area contributed by atoms with Gasteiger partial charge in [-0.1, -0.05) is 0 Å². The molecule has 0 saturated heterocycles. The zero-order valence-electron chi connectivity index (χ0n) is 11.5. The predicted octanol–water partition coefficient (Wildman–Crippen LogP) is -0.0942. The summed E-state index contributed by atoms with van der Waals surface area (Å²) in [5.74, 6) is 0.748. The highest BCUT2D eigenvalue weighted by Gasteiger charge is 2.24. The first kappa shape index (κ1) is 14.2. The summed E-state index contributed by atoms with van der Waals surface area (Å²) in [5.41, 5.74) is 0.660. The first-order valence-corrected chi connectivity index (χ1v) is 8.37. The number of aromatic amines is 2. The van der Waals surface area contributed by atoms with Gasteiger partial charge in [0.05, 0.1) is 6.20 Å². The van der Waals surface area contributed by atoms with Gasteiger partial charge in [0.15, 0.2) is 5.03 Å². The van der Waals surface area contributed by atoms with Crippen molar-refractivity contribution in [3.63, 3.8) is 0 Å². The average Bonchev–Trinajstić information content (AvgIpc) is 2.93. The van der Waals surface area contributed by atoms with Gasteiger partial charge in [-0.05, 0) is 12.8 Å². The normalized spacial score (nSPS) is 15.4. The van der Waals surface area contributed by atoms with E-state index in [1.165, 1.54) is 0 Å². The maximum atomic E-state index is 12.3. The largest absolute Gasteiger partial charge is 0.349 e. The van der Waals surface area contributed by atoms with Gasteiger partial charge in [-0.25, -0.2) is 18.1 Å². The fourth-order valence-electron chi connectivity index (χ4n) is 2.01. The smallest absolute Gasteiger partial charge is 0.257 e. The molecule has 0 radical (unpaired) electrons. The molecule has 0 aliphatic heterocycles. The third-order valence-corrected chi connectivity index (χ3v) is 4.79. The van der Waals surface area contributed by atoms with E-state index in [4.69, 9.17) is 0 Å². The Morgan fingerprint density at radius 2 is 2.24 bits per heavy atom. The number of imidazole rings is 1. The molecular formula is C12H18N6O2S. The maximum absolute atomic E-state index is 12.3. The first-order valence-electron chi connectivity index (χ1n) is 6.89. The molecule has 0 aromatic carbocycles. The molecule has 9 heteroatoms. The lowest BCUT2D eigenvalue weighted by molar-refractivity contribution is 0.573. The highest BCUT2D eigenvalue weighted by molar-refractivity contribution is 7.89. The molecule has 1 saturated carbocycles. The minimum absolute atomic E-state index is 0.134. The summed E-state index contributed by atoms with van der Waals surface area (Å²) in [7, 11) is -3.58. The predicted molar refractivity (Wildman–Crippen MR) is 75.9 cm³/mol. The highest BCUT2D eigenvalue weighted by atomic mass is 32.2. The quantitative estimate of drug-likeness (QED) is 0.544. The Bertz CT molecular complexity index is 674. The molecule has 2 aromatic heterocycles. The molecule has 1 aliphatic carbocycles. The van der Waals surface area contributed by atoms with E-state index in [2.05, 4.69) is 30.2 Å². The van der Waals surface area contributed by atoms with Crippen LogP contribution < -0.4 is 10.0 Å². The van der Waals surface area contributed by atoms with Crippen LogP contribution in [0, 0.1) is 0 Å². The third-order valence-electron chi connectivity index (χ3n) is 3.31. The van der Waals surface area contributed by atoms with E-state index in [1.54, 1.807) is 18.6 Å². The Morgan fingerprint density at radius 1 is 1.38 bits per heavy atom. The summed E-state index contributed by atoms with van der Waals surface area (Å²) >= 11 is 0. The van der Waals surface area contributed by atoms with Crippen molar-refractivity contribution in [1.29, 1.82) is 0 Å². The van der Waals surface area contributed by atoms with Crippen LogP contribution in [0.3, 0.4) is 0 Å². The van der Waals surface area contributed by atoms with E-state index in [0.29, 0.717) is 24.6 Å². The number of aromatic nitrogens is 4. The van der Waals surface area contributed by atoms with Crippen LogP contribution in [0.15, 0.2) is 23.6 Å². The Kier molecular flexibility index (Phi) is 4.04. The number of hydrogen-bond acceptors (Lipinski definition) is 5. The zero-order chi connectivity index (χ0) is 14.7. The van der Waals surface area contributed by atoms with E-state index < -0.39 is 10.0 Å². The van der Waals surface area contributed by atoms with Crippen LogP contribution in [0.5, 0.6) is 0 Å². The molecule has 4 N–H and O–H groups in total. The molecule has 1 fully saturated rings. The van der Waals surface area contributed by atoms with Gasteiger partial charge in [0.25, 0.3) is 10.0 Å². The van der Waals surface area contributed by atoms with E-state index in [0.717, 1.165) is 18.7 Å². The van der Waals surface area contributed by atoms with Crippen molar-refractivity contribution in [1.82, 2.24) is 30.2 Å². The summed E-state index contributed by atoms with van der Waals surface area (Å²) in [4.78, 5) is 6.98. The van der Waals surface area contributed by atoms with Crippen LogP contribution in [0.1, 0.15) is 24.2 Å². The molecule has 3 rings (SSSR count). The third kappa shape index (κ3) is 3.69. The number of nitrogens with one attached hydrogen (secondary N) is 4. The maximum Gasteiger partial charge on any atom is 0.257 e. The van der Waals surface area contributed by atoms with E-state index in [-0.39, 0.29) is 11.6 Å². The Morgan fingerprint density at radius 3 is 2.95 bits per heavy atom. The summed E-state index contributed by atoms with van der Waals surface area (Å²) in [6.07, 6.45) is 7.72. The molecule has 0 bridgehead atoms. The SMILES string of the molecule is O=S(=O)(NCCc1ncc[nH]1)c1[nH]ncc1CNC1CC1. The highest BCUT2D eigenvalue weighted by Crippen LogP contribution is 2.20. The number of nitrogens with zero attached hydrogens (tertiary/aromatic N) is 2. The average molecular weight is 310 g/mol. The van der Waals surface area contributed by atoms with Gasteiger partial charge in [-0.2, -0.15) is 5.10 Å². The molecule has 0 spiro atoms. The molecule has 0 atom stereocenters. The van der Waals surface area contributed by atoms with Gasteiger partial charge < -0.3 is 10.3 Å². The fraction of sp³-hybridized carbons (Fsp3) is 0.500. The summed E-state index contributed by atoms with van der Waals surface area (Å²) in [6.45, 7) is 0.792. The van der Waals surface area contributed by atoms with Gasteiger partial charge in [-0.3, -0.25) is 5.10 Å². The van der Waals surface area contributed by atoms with Crippen molar-refractivity contribution in [2.24, 2.45) is 0 Å². The minimum Gasteiger partial charge on any atom is -0.349 e. The lowest BCUT2D eigenvalue weighted by Crippen LogP contribution is -2.28. The Hall–Kier alpha value is -1.71. The fourth-order valence-corrected chi connectivity index (χ4v) is 3.17. The molecule has 1 aliphatic rings. The van der Waals surface area contributed by atoms with Gasteiger partial charge in [-0.15, -0.1) is 0 Å². The second-order valence-electron chi connectivity index (χ2n) is 5.06. The lowest BCUT2D eigenvalue weighted by Gasteiger charge is -2.07. The molecule has 2 heterocycles. The van der Waals surface area contributed by atoms with Crippen LogP contribution in [-0.2, 0) is 23.0 Å². The van der Waals surface area contributed by atoms with Gasteiger partial charge in [0, 0.05) is 43.5 Å². The van der Waals surface area contributed by atoms with Crippen molar-refractivity contribution >= 4 is 10.0 Å². The first-order chi connectivity index (χ1) is 10.1. The molecule has 8 nitrogen and oxygen atoms in total. The van der Waals surface area contributed by atoms with Crippen molar-refractivity contribution in [2.75, 3.05) is 6.54 Å². The number of H-pyrrole nitrogens is 2. The van der Waals surface area contributed by atoms with Crippen molar-refractivity contribution in [3.05, 3.63) is 30.0 Å². The van der Waals surface area contributed by atoms with Crippen molar-refractivity contribution < 1.29 is 8.42 Å². The summed E-state index contributed by atoms with van der Waals surface area (Å²) < 4.78 is 27.1. The monoisotopic (exact) mass is 310 g/mol. The molecule has 0 amide bonds. The number of hydrogen-bond donors (Lipinski definition) is 4. The topological polar surface area (TPSA) is 116 Å². The van der Waals surface area contributed by atoms with Crippen molar-refractivity contribution in [2.45, 2.75) is 36.9 Å². The number of rotatable bonds is 8. The molecule has 114 valence electrons. The minimum atomic E-state index is -3.58. The molecule has 0 unspecified atom stereocenters. The van der Waals surface area contributed by atoms with Crippen molar-refractivity contribution in [3.8, 4) is 0 Å². The lowest BCUT2D eigenvalue weighted by atomic mass is 10.3. The Labute approximate surface area is 122 Å².